The van der Waals surface area contributed by atoms with Gasteiger partial charge in [-0.05, 0) is 24.7 Å². The Bertz CT molecular complexity index is 412. The first kappa shape index (κ1) is 22.7. The zero-order valence-corrected chi connectivity index (χ0v) is 15.4. The minimum atomic E-state index is -0.613. The van der Waals surface area contributed by atoms with E-state index in [1.807, 2.05) is 13.8 Å². The van der Waals surface area contributed by atoms with Crippen molar-refractivity contribution in [1.29, 1.82) is 0 Å². The molecule has 7 nitrogen and oxygen atoms in total. The van der Waals surface area contributed by atoms with Crippen molar-refractivity contribution in [3.05, 3.63) is 0 Å². The quantitative estimate of drug-likeness (QED) is 0.442. The molecule has 1 rings (SSSR count). The first-order chi connectivity index (χ1) is 10.9. The van der Waals surface area contributed by atoms with Gasteiger partial charge in [0.25, 0.3) is 0 Å². The second-order valence-corrected chi connectivity index (χ2v) is 6.54. The third-order valence-corrected chi connectivity index (χ3v) is 4.16. The summed E-state index contributed by atoms with van der Waals surface area (Å²) in [6, 6.07) is -0.613. The predicted octanol–water partition coefficient (Wildman–Crippen LogP) is 0.320. The highest BCUT2D eigenvalue weighted by atomic mass is 35.5. The van der Waals surface area contributed by atoms with Gasteiger partial charge in [-0.15, -0.1) is 12.4 Å². The molecular weight excluding hydrogens is 332 g/mol. The van der Waals surface area contributed by atoms with Crippen molar-refractivity contribution in [3.63, 3.8) is 0 Å². The van der Waals surface area contributed by atoms with Gasteiger partial charge in [0.05, 0.1) is 12.6 Å². The van der Waals surface area contributed by atoms with Gasteiger partial charge < -0.3 is 21.7 Å². The van der Waals surface area contributed by atoms with Crippen LogP contribution in [0.15, 0.2) is 0 Å². The number of hydrogen-bond donors (Lipinski definition) is 4. The molecule has 8 heteroatoms. The monoisotopic (exact) mass is 362 g/mol. The molecule has 1 atom stereocenters. The Morgan fingerprint density at radius 3 is 2.08 bits per heavy atom. The summed E-state index contributed by atoms with van der Waals surface area (Å²) < 4.78 is 0. The SMILES string of the molecule is CC(C)[C@H](N)C(=O)NCC(=O)NCCNC(=O)CC1CCCC1.Cl. The smallest absolute Gasteiger partial charge is 0.239 e. The van der Waals surface area contributed by atoms with Crippen molar-refractivity contribution in [3.8, 4) is 0 Å². The summed E-state index contributed by atoms with van der Waals surface area (Å²) in [6.45, 7) is 4.34. The lowest BCUT2D eigenvalue weighted by Crippen LogP contribution is -2.47. The highest BCUT2D eigenvalue weighted by Crippen LogP contribution is 2.27. The van der Waals surface area contributed by atoms with Crippen LogP contribution in [0.4, 0.5) is 0 Å². The van der Waals surface area contributed by atoms with Crippen molar-refractivity contribution >= 4 is 30.1 Å². The zero-order chi connectivity index (χ0) is 17.2. The van der Waals surface area contributed by atoms with Gasteiger partial charge in [-0.3, -0.25) is 14.4 Å². The molecule has 0 aromatic carbocycles. The molecule has 0 saturated heterocycles. The molecule has 140 valence electrons. The van der Waals surface area contributed by atoms with E-state index in [-0.39, 0.29) is 42.6 Å². The van der Waals surface area contributed by atoms with Gasteiger partial charge in [-0.25, -0.2) is 0 Å². The van der Waals surface area contributed by atoms with Crippen molar-refractivity contribution in [1.82, 2.24) is 16.0 Å². The van der Waals surface area contributed by atoms with Gasteiger partial charge in [0.1, 0.15) is 0 Å². The lowest BCUT2D eigenvalue weighted by Gasteiger charge is -2.15. The normalized spacial score (nSPS) is 15.5. The van der Waals surface area contributed by atoms with Crippen molar-refractivity contribution in [2.45, 2.75) is 52.0 Å². The number of rotatable bonds is 9. The average molecular weight is 363 g/mol. The van der Waals surface area contributed by atoms with Crippen molar-refractivity contribution in [2.24, 2.45) is 17.6 Å². The van der Waals surface area contributed by atoms with E-state index in [0.717, 1.165) is 12.8 Å². The third-order valence-electron chi connectivity index (χ3n) is 4.16. The van der Waals surface area contributed by atoms with Crippen LogP contribution < -0.4 is 21.7 Å². The Hall–Kier alpha value is -1.34. The lowest BCUT2D eigenvalue weighted by molar-refractivity contribution is -0.127. The molecule has 0 aliphatic heterocycles. The first-order valence-corrected chi connectivity index (χ1v) is 8.46. The predicted molar refractivity (Wildman–Crippen MR) is 95.7 cm³/mol. The highest BCUT2D eigenvalue weighted by Gasteiger charge is 2.18. The topological polar surface area (TPSA) is 113 Å². The van der Waals surface area contributed by atoms with Crippen LogP contribution in [0.25, 0.3) is 0 Å². The molecule has 0 heterocycles. The maximum atomic E-state index is 11.7. The van der Waals surface area contributed by atoms with E-state index in [4.69, 9.17) is 5.73 Å². The molecule has 24 heavy (non-hydrogen) atoms. The first-order valence-electron chi connectivity index (χ1n) is 8.46. The fraction of sp³-hybridized carbons (Fsp3) is 0.812. The van der Waals surface area contributed by atoms with E-state index in [0.29, 0.717) is 25.4 Å². The van der Waals surface area contributed by atoms with Crippen molar-refractivity contribution in [2.75, 3.05) is 19.6 Å². The molecule has 1 aliphatic rings. The summed E-state index contributed by atoms with van der Waals surface area (Å²) >= 11 is 0. The molecule has 3 amide bonds. The standard InChI is InChI=1S/C16H30N4O3.ClH/c1-11(2)15(17)16(23)20-10-14(22)19-8-7-18-13(21)9-12-5-3-4-6-12;/h11-12,15H,3-10,17H2,1-2H3,(H,18,21)(H,19,22)(H,20,23);1H/t15-;/m0./s1. The summed E-state index contributed by atoms with van der Waals surface area (Å²) in [4.78, 5) is 34.9. The Labute approximate surface area is 150 Å². The largest absolute Gasteiger partial charge is 0.354 e. The second kappa shape index (κ2) is 12.1. The van der Waals surface area contributed by atoms with Gasteiger partial charge in [0, 0.05) is 19.5 Å². The van der Waals surface area contributed by atoms with E-state index >= 15 is 0 Å². The van der Waals surface area contributed by atoms with Crippen LogP contribution in [0.1, 0.15) is 46.0 Å². The number of halogens is 1. The zero-order valence-electron chi connectivity index (χ0n) is 14.6. The number of nitrogens with one attached hydrogen (secondary N) is 3. The molecule has 1 saturated carbocycles. The molecular formula is C16H31ClN4O3. The fourth-order valence-corrected chi connectivity index (χ4v) is 2.60. The van der Waals surface area contributed by atoms with E-state index < -0.39 is 6.04 Å². The summed E-state index contributed by atoms with van der Waals surface area (Å²) in [5.74, 6) is -0.0418. The molecule has 0 aromatic heterocycles. The number of nitrogens with two attached hydrogens (primary N) is 1. The van der Waals surface area contributed by atoms with Crippen LogP contribution in [0.2, 0.25) is 0 Å². The Morgan fingerprint density at radius 2 is 1.54 bits per heavy atom. The van der Waals surface area contributed by atoms with Crippen LogP contribution in [0, 0.1) is 11.8 Å². The maximum Gasteiger partial charge on any atom is 0.239 e. The van der Waals surface area contributed by atoms with Crippen LogP contribution in [-0.4, -0.2) is 43.4 Å². The summed E-state index contributed by atoms with van der Waals surface area (Å²) in [7, 11) is 0. The highest BCUT2D eigenvalue weighted by molar-refractivity contribution is 5.87. The van der Waals surface area contributed by atoms with E-state index in [1.165, 1.54) is 12.8 Å². The van der Waals surface area contributed by atoms with Gasteiger partial charge >= 0.3 is 0 Å². The molecule has 5 N–H and O–H groups in total. The van der Waals surface area contributed by atoms with Crippen LogP contribution in [-0.2, 0) is 14.4 Å². The van der Waals surface area contributed by atoms with Crippen LogP contribution in [0.3, 0.4) is 0 Å². The molecule has 0 radical (unpaired) electrons. The van der Waals surface area contributed by atoms with Crippen molar-refractivity contribution < 1.29 is 14.4 Å². The third kappa shape index (κ3) is 9.08. The fourth-order valence-electron chi connectivity index (χ4n) is 2.60. The van der Waals surface area contributed by atoms with E-state index in [2.05, 4.69) is 16.0 Å². The summed E-state index contributed by atoms with van der Waals surface area (Å²) in [5.41, 5.74) is 5.68. The molecule has 1 aliphatic carbocycles. The average Bonchev–Trinajstić information content (AvgIpc) is 3.01. The van der Waals surface area contributed by atoms with E-state index in [1.54, 1.807) is 0 Å². The van der Waals surface area contributed by atoms with Gasteiger partial charge in [-0.2, -0.15) is 0 Å². The van der Waals surface area contributed by atoms with Gasteiger partial charge in [0.15, 0.2) is 0 Å². The van der Waals surface area contributed by atoms with Gasteiger partial charge in [-0.1, -0.05) is 26.7 Å². The maximum absolute atomic E-state index is 11.7. The molecule has 1 fully saturated rings. The van der Waals surface area contributed by atoms with E-state index in [9.17, 15) is 14.4 Å². The number of hydrogen-bond acceptors (Lipinski definition) is 4. The molecule has 0 aromatic rings. The Morgan fingerprint density at radius 1 is 1.00 bits per heavy atom. The second-order valence-electron chi connectivity index (χ2n) is 6.54. The molecule has 0 unspecified atom stereocenters. The van der Waals surface area contributed by atoms with Crippen LogP contribution in [0.5, 0.6) is 0 Å². The number of carbonyl (C=O) groups excluding carboxylic acids is 3. The van der Waals surface area contributed by atoms with Gasteiger partial charge in [0.2, 0.25) is 17.7 Å². The lowest BCUT2D eigenvalue weighted by atomic mass is 10.0. The summed E-state index contributed by atoms with van der Waals surface area (Å²) in [5, 5.41) is 7.95. The molecule has 0 spiro atoms. The molecule has 0 bridgehead atoms. The minimum absolute atomic E-state index is 0. The Kier molecular flexibility index (Phi) is 11.4. The summed E-state index contributed by atoms with van der Waals surface area (Å²) in [6.07, 6.45) is 5.31. The number of amides is 3. The van der Waals surface area contributed by atoms with Crippen LogP contribution >= 0.6 is 12.4 Å². The minimum Gasteiger partial charge on any atom is -0.354 e. The number of carbonyl (C=O) groups is 3. The Balaban J connectivity index is 0.00000529.